The molecule has 0 aliphatic heterocycles. The number of hydrogen-bond acceptors (Lipinski definition) is 8. The molecule has 0 aliphatic rings. The molecule has 266 valence electrons. The van der Waals surface area contributed by atoms with E-state index in [-0.39, 0.29) is 11.9 Å². The van der Waals surface area contributed by atoms with Gasteiger partial charge in [0.05, 0.1) is 13.2 Å². The number of carbonyl (C=O) groups excluding carboxylic acids is 2. The zero-order valence-corrected chi connectivity index (χ0v) is 38.0. The number of esters is 2. The standard InChI is InChI=1S/C17H38O4Si3.C14H32O4Si3/c1-10-11-14-22(4,5)20-24(8,9)21-23(6,7)15-12-13-19-17(18)16(2)3;1-13(2)14(15)16-11-10-12-20(6,7)18-21(8,9)17-19(3,4)5/h2,10-15H2,1,3-9H3;1,10-12H2,2-9H3. The second-order valence-electron chi connectivity index (χ2n) is 15.7. The topological polar surface area (TPSA) is 89.5 Å². The van der Waals surface area contributed by atoms with Crippen LogP contribution < -0.4 is 0 Å². The molecule has 0 N–H and O–H groups in total. The molecule has 45 heavy (non-hydrogen) atoms. The fraction of sp³-hybridized carbons (Fsp3) is 0.806. The Bertz CT molecular complexity index is 943. The van der Waals surface area contributed by atoms with Gasteiger partial charge in [-0.1, -0.05) is 32.9 Å². The summed E-state index contributed by atoms with van der Waals surface area (Å²) in [5.74, 6) is -0.621. The Balaban J connectivity index is 0. The highest BCUT2D eigenvalue weighted by atomic mass is 28.5. The maximum absolute atomic E-state index is 11.4. The molecule has 0 aromatic rings. The molecule has 0 amide bonds. The van der Waals surface area contributed by atoms with Crippen molar-refractivity contribution in [3.63, 3.8) is 0 Å². The third-order valence-corrected chi connectivity index (χ3v) is 27.9. The van der Waals surface area contributed by atoms with Gasteiger partial charge in [-0.3, -0.25) is 0 Å². The van der Waals surface area contributed by atoms with Crippen LogP contribution in [0.2, 0.25) is 103 Å². The minimum Gasteiger partial charge on any atom is -0.462 e. The van der Waals surface area contributed by atoms with E-state index < -0.39 is 50.4 Å². The summed E-state index contributed by atoms with van der Waals surface area (Å²) in [6.07, 6.45) is 4.11. The van der Waals surface area contributed by atoms with Crippen LogP contribution in [-0.4, -0.2) is 75.5 Å². The first-order valence-corrected chi connectivity index (χ1v) is 34.9. The maximum atomic E-state index is 11.4. The second kappa shape index (κ2) is 20.2. The van der Waals surface area contributed by atoms with Gasteiger partial charge in [-0.05, 0) is 130 Å². The molecular formula is C31H70O8Si6. The van der Waals surface area contributed by atoms with E-state index in [4.69, 9.17) is 25.9 Å². The van der Waals surface area contributed by atoms with Gasteiger partial charge in [0, 0.05) is 11.1 Å². The van der Waals surface area contributed by atoms with Gasteiger partial charge in [0.25, 0.3) is 0 Å². The van der Waals surface area contributed by atoms with Crippen LogP contribution >= 0.6 is 0 Å². The van der Waals surface area contributed by atoms with Crippen LogP contribution in [-0.2, 0) is 35.5 Å². The summed E-state index contributed by atoms with van der Waals surface area (Å²) < 4.78 is 36.0. The van der Waals surface area contributed by atoms with Crippen molar-refractivity contribution in [1.82, 2.24) is 0 Å². The summed E-state index contributed by atoms with van der Waals surface area (Å²) in [5.41, 5.74) is 0.892. The van der Waals surface area contributed by atoms with E-state index in [1.54, 1.807) is 13.8 Å². The first-order valence-electron chi connectivity index (χ1n) is 16.5. The average molecular weight is 739 g/mol. The fourth-order valence-electron chi connectivity index (χ4n) is 5.10. The lowest BCUT2D eigenvalue weighted by Crippen LogP contribution is -2.52. The lowest BCUT2D eigenvalue weighted by atomic mass is 10.4. The van der Waals surface area contributed by atoms with Gasteiger partial charge in [-0.15, -0.1) is 0 Å². The third-order valence-electron chi connectivity index (χ3n) is 6.26. The summed E-state index contributed by atoms with van der Waals surface area (Å²) in [7, 11) is -11.0. The van der Waals surface area contributed by atoms with Crippen molar-refractivity contribution in [3.05, 3.63) is 24.3 Å². The Morgan fingerprint density at radius 2 is 0.800 bits per heavy atom. The fourth-order valence-corrected chi connectivity index (χ4v) is 32.5. The first-order chi connectivity index (χ1) is 20.0. The Kier molecular flexibility index (Phi) is 20.9. The summed E-state index contributed by atoms with van der Waals surface area (Å²) in [6.45, 7) is 42.2. The van der Waals surface area contributed by atoms with E-state index in [9.17, 15) is 9.59 Å². The van der Waals surface area contributed by atoms with Crippen molar-refractivity contribution in [3.8, 4) is 0 Å². The Labute approximate surface area is 284 Å². The summed E-state index contributed by atoms with van der Waals surface area (Å²) >= 11 is 0. The predicted octanol–water partition coefficient (Wildman–Crippen LogP) is 9.71. The SMILES string of the molecule is C=C(C)C(=O)OCCC[Si](C)(C)O[Si](C)(C)O[Si](C)(C)C.C=C(C)C(=O)OCCC[Si](C)(C)O[Si](C)(C)O[Si](C)(C)CCCC. The van der Waals surface area contributed by atoms with Crippen LogP contribution in [0.3, 0.4) is 0 Å². The van der Waals surface area contributed by atoms with E-state index in [2.05, 4.69) is 105 Å². The zero-order valence-electron chi connectivity index (χ0n) is 32.0. The van der Waals surface area contributed by atoms with Gasteiger partial charge in [0.15, 0.2) is 33.3 Å². The number of hydrogen-bond donors (Lipinski definition) is 0. The maximum Gasteiger partial charge on any atom is 0.333 e. The minimum atomic E-state index is -2.12. The lowest BCUT2D eigenvalue weighted by Gasteiger charge is -2.38. The smallest absolute Gasteiger partial charge is 0.333 e. The Hall–Kier alpha value is -0.439. The van der Waals surface area contributed by atoms with Gasteiger partial charge < -0.3 is 25.9 Å². The monoisotopic (exact) mass is 738 g/mol. The molecule has 0 unspecified atom stereocenters. The molecule has 0 spiro atoms. The highest BCUT2D eigenvalue weighted by molar-refractivity contribution is 6.88. The van der Waals surface area contributed by atoms with E-state index in [1.807, 2.05) is 0 Å². The quantitative estimate of drug-likeness (QED) is 0.0498. The molecule has 14 heteroatoms. The lowest BCUT2D eigenvalue weighted by molar-refractivity contribution is -0.139. The average Bonchev–Trinajstić information content (AvgIpc) is 2.79. The third kappa shape index (κ3) is 27.2. The molecule has 0 rings (SSSR count). The molecule has 0 bridgehead atoms. The minimum absolute atomic E-state index is 0.308. The molecule has 0 aliphatic carbocycles. The molecule has 0 saturated heterocycles. The van der Waals surface area contributed by atoms with Crippen molar-refractivity contribution in [2.45, 2.75) is 150 Å². The second-order valence-corrected chi connectivity index (χ2v) is 40.9. The van der Waals surface area contributed by atoms with Gasteiger partial charge in [0.1, 0.15) is 0 Å². The summed E-state index contributed by atoms with van der Waals surface area (Å²) in [4.78, 5) is 22.7. The zero-order chi connectivity index (χ0) is 35.9. The highest BCUT2D eigenvalue weighted by Crippen LogP contribution is 2.27. The molecule has 0 aromatic carbocycles. The Morgan fingerprint density at radius 1 is 0.511 bits per heavy atom. The molecular weight excluding hydrogens is 669 g/mol. The van der Waals surface area contributed by atoms with Crippen LogP contribution in [0.15, 0.2) is 24.3 Å². The van der Waals surface area contributed by atoms with Crippen molar-refractivity contribution in [2.24, 2.45) is 0 Å². The van der Waals surface area contributed by atoms with Gasteiger partial charge >= 0.3 is 29.1 Å². The highest BCUT2D eigenvalue weighted by Gasteiger charge is 2.39. The van der Waals surface area contributed by atoms with Crippen molar-refractivity contribution in [1.29, 1.82) is 0 Å². The van der Waals surface area contributed by atoms with Crippen molar-refractivity contribution < 1.29 is 35.5 Å². The molecule has 0 fully saturated rings. The summed E-state index contributed by atoms with van der Waals surface area (Å²) in [6, 6.07) is 3.12. The molecule has 0 saturated carbocycles. The molecule has 0 heterocycles. The van der Waals surface area contributed by atoms with E-state index in [1.165, 1.54) is 18.9 Å². The molecule has 0 aromatic heterocycles. The molecule has 0 radical (unpaired) electrons. The number of ether oxygens (including phenoxy) is 2. The first kappa shape index (κ1) is 46.7. The van der Waals surface area contributed by atoms with Gasteiger partial charge in [-0.25, -0.2) is 9.59 Å². The van der Waals surface area contributed by atoms with Crippen molar-refractivity contribution in [2.75, 3.05) is 13.2 Å². The number of rotatable bonds is 21. The van der Waals surface area contributed by atoms with Gasteiger partial charge in [-0.2, -0.15) is 0 Å². The van der Waals surface area contributed by atoms with Crippen LogP contribution in [0.1, 0.15) is 46.5 Å². The van der Waals surface area contributed by atoms with Crippen LogP contribution in [0.5, 0.6) is 0 Å². The summed E-state index contributed by atoms with van der Waals surface area (Å²) in [5, 5.41) is 0. The Morgan fingerprint density at radius 3 is 1.07 bits per heavy atom. The van der Waals surface area contributed by atoms with Crippen LogP contribution in [0, 0.1) is 0 Å². The van der Waals surface area contributed by atoms with Crippen LogP contribution in [0.25, 0.3) is 0 Å². The molecule has 0 atom stereocenters. The van der Waals surface area contributed by atoms with E-state index in [0.717, 1.165) is 24.9 Å². The normalized spacial score (nSPS) is 13.1. The number of carbonyl (C=O) groups is 2. The van der Waals surface area contributed by atoms with Crippen LogP contribution in [0.4, 0.5) is 0 Å². The van der Waals surface area contributed by atoms with E-state index >= 15 is 0 Å². The van der Waals surface area contributed by atoms with E-state index in [0.29, 0.717) is 24.4 Å². The van der Waals surface area contributed by atoms with Gasteiger partial charge in [0.2, 0.25) is 0 Å². The van der Waals surface area contributed by atoms with Crippen molar-refractivity contribution >= 4 is 62.3 Å². The molecule has 8 nitrogen and oxygen atoms in total. The number of unbranched alkanes of at least 4 members (excludes halogenated alkanes) is 1. The largest absolute Gasteiger partial charge is 0.462 e. The predicted molar refractivity (Wildman–Crippen MR) is 205 cm³/mol.